The molecular weight excluding hydrogens is 600 g/mol. The van der Waals surface area contributed by atoms with Gasteiger partial charge in [0.1, 0.15) is 0 Å². The van der Waals surface area contributed by atoms with Crippen LogP contribution in [-0.2, 0) is 32.0 Å². The minimum Gasteiger partial charge on any atom is -0.478 e. The molecule has 5 N–H and O–H groups in total. The van der Waals surface area contributed by atoms with E-state index >= 15 is 0 Å². The summed E-state index contributed by atoms with van der Waals surface area (Å²) >= 11 is 1.95. The zero-order chi connectivity index (χ0) is 33.2. The van der Waals surface area contributed by atoms with E-state index in [1.807, 2.05) is 11.8 Å². The molecule has 1 saturated heterocycles. The van der Waals surface area contributed by atoms with Crippen LogP contribution < -0.4 is 0 Å². The van der Waals surface area contributed by atoms with Gasteiger partial charge >= 0.3 is 23.9 Å². The lowest BCUT2D eigenvalue weighted by molar-refractivity contribution is -0.134. The van der Waals surface area contributed by atoms with E-state index in [0.29, 0.717) is 37.0 Å². The molecule has 0 aromatic heterocycles. The summed E-state index contributed by atoms with van der Waals surface area (Å²) in [5.74, 6) is -5.03. The number of aryl methyl sites for hydroxylation is 1. The van der Waals surface area contributed by atoms with E-state index in [0.717, 1.165) is 45.6 Å². The fourth-order valence-electron chi connectivity index (χ4n) is 4.90. The molecular formula is C33H42N2O9S. The summed E-state index contributed by atoms with van der Waals surface area (Å²) in [5, 5.41) is 40.4. The second kappa shape index (κ2) is 20.1. The summed E-state index contributed by atoms with van der Waals surface area (Å²) in [6.07, 6.45) is 7.91. The number of carboxylic acid groups (broad SMARTS) is 4. The number of nitrogens with zero attached hydrogens (tertiary/aromatic N) is 2. The van der Waals surface area contributed by atoms with Gasteiger partial charge in [-0.2, -0.15) is 0 Å². The van der Waals surface area contributed by atoms with Crippen LogP contribution in [0.3, 0.4) is 0 Å². The maximum Gasteiger partial charge on any atom is 0.328 e. The SMILES string of the molecule is CCCCc1ccc2c(c1)C(N1CCN(CCCO)CC1)Cc1ccccc1S2.O=C(O)/C=C\C(=O)O.O=C(O)/C=C\C(=O)O. The topological polar surface area (TPSA) is 176 Å². The Morgan fingerprint density at radius 1 is 0.800 bits per heavy atom. The Morgan fingerprint density at radius 3 is 1.91 bits per heavy atom. The van der Waals surface area contributed by atoms with Crippen molar-refractivity contribution >= 4 is 35.6 Å². The minimum absolute atomic E-state index is 0.296. The number of aliphatic hydroxyl groups excluding tert-OH is 1. The molecule has 12 heteroatoms. The number of carbonyl (C=O) groups is 4. The lowest BCUT2D eigenvalue weighted by atomic mass is 9.94. The summed E-state index contributed by atoms with van der Waals surface area (Å²) in [6, 6.07) is 16.6. The van der Waals surface area contributed by atoms with Gasteiger partial charge in [-0.1, -0.05) is 55.4 Å². The molecule has 2 aromatic rings. The molecule has 0 bridgehead atoms. The number of piperazine rings is 1. The molecule has 45 heavy (non-hydrogen) atoms. The number of aliphatic hydroxyl groups is 1. The quantitative estimate of drug-likeness (QED) is 0.221. The molecule has 0 amide bonds. The van der Waals surface area contributed by atoms with Crippen LogP contribution in [0.15, 0.2) is 76.6 Å². The van der Waals surface area contributed by atoms with Crippen molar-refractivity contribution in [3.63, 3.8) is 0 Å². The number of hydrogen-bond acceptors (Lipinski definition) is 8. The Hall–Kier alpha value is -3.97. The van der Waals surface area contributed by atoms with E-state index in [9.17, 15) is 19.2 Å². The molecule has 0 radical (unpaired) electrons. The number of carboxylic acids is 4. The van der Waals surface area contributed by atoms with Crippen LogP contribution in [0.2, 0.25) is 0 Å². The predicted octanol–water partition coefficient (Wildman–Crippen LogP) is 4.20. The van der Waals surface area contributed by atoms with Crippen LogP contribution >= 0.6 is 11.8 Å². The van der Waals surface area contributed by atoms with Crippen molar-refractivity contribution in [2.75, 3.05) is 39.3 Å². The highest BCUT2D eigenvalue weighted by atomic mass is 32.2. The van der Waals surface area contributed by atoms with Crippen molar-refractivity contribution in [3.8, 4) is 0 Å². The Kier molecular flexibility index (Phi) is 16.7. The number of fused-ring (bicyclic) bond motifs is 2. The average Bonchev–Trinajstić information content (AvgIpc) is 3.18. The van der Waals surface area contributed by atoms with Gasteiger partial charge < -0.3 is 30.4 Å². The third-order valence-corrected chi connectivity index (χ3v) is 8.28. The lowest BCUT2D eigenvalue weighted by Gasteiger charge is -2.39. The van der Waals surface area contributed by atoms with Crippen molar-refractivity contribution in [2.24, 2.45) is 0 Å². The number of rotatable bonds is 11. The van der Waals surface area contributed by atoms with E-state index in [4.69, 9.17) is 25.5 Å². The number of benzene rings is 2. The highest BCUT2D eigenvalue weighted by Crippen LogP contribution is 2.43. The number of unbranched alkanes of at least 4 members (excludes halogenated alkanes) is 1. The minimum atomic E-state index is -1.26. The van der Waals surface area contributed by atoms with Crippen molar-refractivity contribution in [1.29, 1.82) is 0 Å². The van der Waals surface area contributed by atoms with Crippen molar-refractivity contribution in [3.05, 3.63) is 83.5 Å². The molecule has 2 aromatic carbocycles. The van der Waals surface area contributed by atoms with E-state index < -0.39 is 23.9 Å². The van der Waals surface area contributed by atoms with Gasteiger partial charge in [0.15, 0.2) is 0 Å². The number of hydrogen-bond donors (Lipinski definition) is 5. The second-order valence-electron chi connectivity index (χ2n) is 10.4. The fourth-order valence-corrected chi connectivity index (χ4v) is 6.02. The van der Waals surface area contributed by atoms with Gasteiger partial charge in [0.05, 0.1) is 0 Å². The highest BCUT2D eigenvalue weighted by Gasteiger charge is 2.30. The summed E-state index contributed by atoms with van der Waals surface area (Å²) in [5.41, 5.74) is 4.50. The largest absolute Gasteiger partial charge is 0.478 e. The average molecular weight is 643 g/mol. The summed E-state index contributed by atoms with van der Waals surface area (Å²) < 4.78 is 0. The molecule has 4 rings (SSSR count). The summed E-state index contributed by atoms with van der Waals surface area (Å²) in [6.45, 7) is 8.03. The molecule has 0 saturated carbocycles. The van der Waals surface area contributed by atoms with Gasteiger partial charge in [-0.25, -0.2) is 19.2 Å². The van der Waals surface area contributed by atoms with Gasteiger partial charge in [-0.15, -0.1) is 0 Å². The number of aliphatic carboxylic acids is 4. The normalized spacial score (nSPS) is 16.4. The van der Waals surface area contributed by atoms with E-state index in [1.165, 1.54) is 45.7 Å². The zero-order valence-electron chi connectivity index (χ0n) is 25.4. The maximum atomic E-state index is 9.55. The zero-order valence-corrected chi connectivity index (χ0v) is 26.2. The van der Waals surface area contributed by atoms with Crippen LogP contribution in [0.4, 0.5) is 0 Å². The predicted molar refractivity (Wildman–Crippen MR) is 171 cm³/mol. The van der Waals surface area contributed by atoms with Gasteiger partial charge in [0.25, 0.3) is 0 Å². The van der Waals surface area contributed by atoms with Crippen LogP contribution in [0.25, 0.3) is 0 Å². The molecule has 11 nitrogen and oxygen atoms in total. The first kappa shape index (κ1) is 37.2. The van der Waals surface area contributed by atoms with Gasteiger partial charge in [-0.05, 0) is 54.5 Å². The molecule has 2 aliphatic heterocycles. The van der Waals surface area contributed by atoms with Crippen LogP contribution in [-0.4, -0.2) is 98.5 Å². The molecule has 1 atom stereocenters. The first-order valence-electron chi connectivity index (χ1n) is 14.8. The highest BCUT2D eigenvalue weighted by molar-refractivity contribution is 7.99. The second-order valence-corrected chi connectivity index (χ2v) is 11.5. The molecule has 0 aliphatic carbocycles. The van der Waals surface area contributed by atoms with Gasteiger partial charge in [-0.3, -0.25) is 4.90 Å². The van der Waals surface area contributed by atoms with Gasteiger partial charge in [0, 0.05) is 79.5 Å². The van der Waals surface area contributed by atoms with Crippen molar-refractivity contribution in [2.45, 2.75) is 54.9 Å². The first-order valence-corrected chi connectivity index (χ1v) is 15.6. The molecule has 1 fully saturated rings. The van der Waals surface area contributed by atoms with Crippen LogP contribution in [0.1, 0.15) is 48.9 Å². The van der Waals surface area contributed by atoms with Crippen LogP contribution in [0.5, 0.6) is 0 Å². The maximum absolute atomic E-state index is 9.55. The molecule has 2 aliphatic rings. The fraction of sp³-hybridized carbons (Fsp3) is 0.394. The third-order valence-electron chi connectivity index (χ3n) is 7.08. The third kappa shape index (κ3) is 14.1. The smallest absolute Gasteiger partial charge is 0.328 e. The Bertz CT molecular complexity index is 1270. The summed E-state index contributed by atoms with van der Waals surface area (Å²) in [7, 11) is 0. The summed E-state index contributed by atoms with van der Waals surface area (Å²) in [4.78, 5) is 46.3. The van der Waals surface area contributed by atoms with E-state index in [2.05, 4.69) is 59.2 Å². The molecule has 0 spiro atoms. The monoisotopic (exact) mass is 642 g/mol. The molecule has 2 heterocycles. The Morgan fingerprint density at radius 2 is 1.38 bits per heavy atom. The van der Waals surface area contributed by atoms with E-state index in [-0.39, 0.29) is 0 Å². The van der Waals surface area contributed by atoms with Crippen molar-refractivity contribution in [1.82, 2.24) is 9.80 Å². The van der Waals surface area contributed by atoms with Crippen LogP contribution in [0, 0.1) is 0 Å². The molecule has 244 valence electrons. The first-order chi connectivity index (χ1) is 21.5. The Balaban J connectivity index is 0.000000365. The standard InChI is InChI=1S/C25H34N2OS.2C4H4O4/c1-2-3-7-20-10-11-25-22(18-20)23(19-21-8-4-5-9-24(21)29-25)27-15-13-26(14-16-27)12-6-17-28;2*5-3(6)1-2-4(7)8/h4-5,8-11,18,23,28H,2-3,6-7,12-17,19H2,1H3;2*1-2H,(H,5,6)(H,7,8)/b;2*2-1-. The lowest BCUT2D eigenvalue weighted by Crippen LogP contribution is -2.48. The Labute approximate surface area is 267 Å². The molecule has 1 unspecified atom stereocenters. The van der Waals surface area contributed by atoms with E-state index in [1.54, 1.807) is 0 Å². The van der Waals surface area contributed by atoms with Gasteiger partial charge in [0.2, 0.25) is 0 Å². The van der Waals surface area contributed by atoms with Crippen molar-refractivity contribution < 1.29 is 44.7 Å².